The molecular weight excluding hydrogens is 344 g/mol. The summed E-state index contributed by atoms with van der Waals surface area (Å²) < 4.78 is 0. The van der Waals surface area contributed by atoms with Gasteiger partial charge < -0.3 is 15.7 Å². The van der Waals surface area contributed by atoms with Crippen molar-refractivity contribution < 1.29 is 19.5 Å². The first-order chi connectivity index (χ1) is 12.9. The normalized spacial score (nSPS) is 19.0. The molecule has 3 atom stereocenters. The minimum Gasteiger partial charge on any atom is -0.480 e. The van der Waals surface area contributed by atoms with Gasteiger partial charge in [0.05, 0.1) is 0 Å². The Morgan fingerprint density at radius 3 is 2.26 bits per heavy atom. The lowest BCUT2D eigenvalue weighted by Gasteiger charge is -2.15. The second-order valence-electron chi connectivity index (χ2n) is 6.94. The van der Waals surface area contributed by atoms with Crippen molar-refractivity contribution in [2.45, 2.75) is 25.8 Å². The zero-order valence-electron chi connectivity index (χ0n) is 15.0. The van der Waals surface area contributed by atoms with E-state index < -0.39 is 17.9 Å². The van der Waals surface area contributed by atoms with E-state index in [0.717, 1.165) is 12.0 Å². The molecule has 27 heavy (non-hydrogen) atoms. The van der Waals surface area contributed by atoms with Crippen LogP contribution >= 0.6 is 0 Å². The van der Waals surface area contributed by atoms with Crippen LogP contribution in [0.1, 0.15) is 29.3 Å². The van der Waals surface area contributed by atoms with Crippen molar-refractivity contribution in [3.8, 4) is 0 Å². The van der Waals surface area contributed by atoms with Gasteiger partial charge >= 0.3 is 5.97 Å². The molecule has 3 rings (SSSR count). The molecule has 0 radical (unpaired) electrons. The van der Waals surface area contributed by atoms with E-state index in [2.05, 4.69) is 10.6 Å². The van der Waals surface area contributed by atoms with Gasteiger partial charge in [0.2, 0.25) is 5.91 Å². The molecule has 6 nitrogen and oxygen atoms in total. The number of hydrogen-bond acceptors (Lipinski definition) is 3. The highest BCUT2D eigenvalue weighted by Gasteiger charge is 2.39. The van der Waals surface area contributed by atoms with Crippen molar-refractivity contribution in [2.75, 3.05) is 5.32 Å². The fraction of sp³-hybridized carbons (Fsp3) is 0.286. The average Bonchev–Trinajstić information content (AvgIpc) is 3.39. The van der Waals surface area contributed by atoms with E-state index in [0.29, 0.717) is 17.2 Å². The van der Waals surface area contributed by atoms with Crippen molar-refractivity contribution in [1.29, 1.82) is 0 Å². The molecule has 0 aromatic heterocycles. The molecule has 1 aliphatic rings. The van der Waals surface area contributed by atoms with Crippen molar-refractivity contribution >= 4 is 23.5 Å². The molecule has 0 bridgehead atoms. The molecule has 1 fully saturated rings. The van der Waals surface area contributed by atoms with Gasteiger partial charge in [-0.05, 0) is 42.2 Å². The van der Waals surface area contributed by atoms with Crippen LogP contribution in [0.5, 0.6) is 0 Å². The predicted octanol–water partition coefficient (Wildman–Crippen LogP) is 2.71. The molecule has 140 valence electrons. The summed E-state index contributed by atoms with van der Waals surface area (Å²) in [6, 6.07) is 14.6. The van der Waals surface area contributed by atoms with Gasteiger partial charge in [0, 0.05) is 23.6 Å². The van der Waals surface area contributed by atoms with Crippen LogP contribution in [0.4, 0.5) is 5.69 Å². The number of hydrogen-bond donors (Lipinski definition) is 3. The molecule has 0 heterocycles. The van der Waals surface area contributed by atoms with Gasteiger partial charge in [-0.15, -0.1) is 0 Å². The van der Waals surface area contributed by atoms with Crippen LogP contribution in [-0.4, -0.2) is 28.9 Å². The minimum atomic E-state index is -1.09. The van der Waals surface area contributed by atoms with Crippen LogP contribution in [0.2, 0.25) is 0 Å². The molecule has 2 unspecified atom stereocenters. The zero-order chi connectivity index (χ0) is 19.4. The van der Waals surface area contributed by atoms with E-state index in [-0.39, 0.29) is 18.2 Å². The van der Waals surface area contributed by atoms with Crippen LogP contribution in [0.15, 0.2) is 54.6 Å². The molecule has 0 spiro atoms. The number of amides is 2. The third-order valence-electron chi connectivity index (χ3n) is 4.75. The third-order valence-corrected chi connectivity index (χ3v) is 4.75. The first-order valence-corrected chi connectivity index (χ1v) is 8.92. The number of carboxylic acids is 1. The molecule has 1 aliphatic carbocycles. The maximum Gasteiger partial charge on any atom is 0.326 e. The Balaban J connectivity index is 1.60. The summed E-state index contributed by atoms with van der Waals surface area (Å²) in [5.41, 5.74) is 1.79. The molecule has 1 saturated carbocycles. The number of benzene rings is 2. The topological polar surface area (TPSA) is 95.5 Å². The van der Waals surface area contributed by atoms with Crippen molar-refractivity contribution in [3.63, 3.8) is 0 Å². The SMILES string of the molecule is CC1CC1C(=O)Nc1ccc(C(=O)N[C@H](Cc2ccccc2)C(=O)O)cc1. The molecular formula is C21H22N2O4. The molecule has 0 saturated heterocycles. The Bertz CT molecular complexity index is 833. The van der Waals surface area contributed by atoms with Gasteiger partial charge in [0.25, 0.3) is 5.91 Å². The highest BCUT2D eigenvalue weighted by Crippen LogP contribution is 2.38. The van der Waals surface area contributed by atoms with Gasteiger partial charge in [-0.1, -0.05) is 37.3 Å². The maximum atomic E-state index is 12.4. The Morgan fingerprint density at radius 1 is 1.07 bits per heavy atom. The summed E-state index contributed by atoms with van der Waals surface area (Å²) in [7, 11) is 0. The Hall–Kier alpha value is -3.15. The van der Waals surface area contributed by atoms with Gasteiger partial charge in [-0.25, -0.2) is 4.79 Å². The van der Waals surface area contributed by atoms with Gasteiger partial charge in [0.15, 0.2) is 0 Å². The van der Waals surface area contributed by atoms with Gasteiger partial charge in [-0.2, -0.15) is 0 Å². The third kappa shape index (κ3) is 4.94. The average molecular weight is 366 g/mol. The van der Waals surface area contributed by atoms with Crippen LogP contribution < -0.4 is 10.6 Å². The summed E-state index contributed by atoms with van der Waals surface area (Å²) in [4.78, 5) is 35.8. The van der Waals surface area contributed by atoms with E-state index in [1.807, 2.05) is 37.3 Å². The van der Waals surface area contributed by atoms with Crippen LogP contribution in [0.3, 0.4) is 0 Å². The highest BCUT2D eigenvalue weighted by molar-refractivity contribution is 5.98. The maximum absolute atomic E-state index is 12.4. The lowest BCUT2D eigenvalue weighted by Crippen LogP contribution is -2.42. The summed E-state index contributed by atoms with van der Waals surface area (Å²) in [5.74, 6) is -1.06. The molecule has 2 aromatic carbocycles. The van der Waals surface area contributed by atoms with Crippen LogP contribution in [-0.2, 0) is 16.0 Å². The quantitative estimate of drug-likeness (QED) is 0.702. The number of rotatable bonds is 7. The monoisotopic (exact) mass is 366 g/mol. The molecule has 6 heteroatoms. The second-order valence-corrected chi connectivity index (χ2v) is 6.94. The predicted molar refractivity (Wildman–Crippen MR) is 101 cm³/mol. The molecule has 3 N–H and O–H groups in total. The fourth-order valence-electron chi connectivity index (χ4n) is 2.92. The first-order valence-electron chi connectivity index (χ1n) is 8.92. The Kier molecular flexibility index (Phi) is 5.54. The van der Waals surface area contributed by atoms with Crippen LogP contribution in [0.25, 0.3) is 0 Å². The van der Waals surface area contributed by atoms with Crippen molar-refractivity contribution in [1.82, 2.24) is 5.32 Å². The molecule has 0 aliphatic heterocycles. The highest BCUT2D eigenvalue weighted by atomic mass is 16.4. The Labute approximate surface area is 157 Å². The standard InChI is InChI=1S/C21H22N2O4/c1-13-11-17(13)20(25)22-16-9-7-15(8-10-16)19(24)23-18(21(26)27)12-14-5-3-2-4-6-14/h2-10,13,17-18H,11-12H2,1H3,(H,22,25)(H,23,24)(H,26,27)/t13?,17?,18-/m1/s1. The largest absolute Gasteiger partial charge is 0.480 e. The minimum absolute atomic E-state index is 0.00601. The number of anilines is 1. The number of nitrogens with one attached hydrogen (secondary N) is 2. The second kappa shape index (κ2) is 8.03. The fourth-order valence-corrected chi connectivity index (χ4v) is 2.92. The van der Waals surface area contributed by atoms with Gasteiger partial charge in [-0.3, -0.25) is 9.59 Å². The van der Waals surface area contributed by atoms with E-state index in [1.165, 1.54) is 0 Å². The van der Waals surface area contributed by atoms with E-state index in [1.54, 1.807) is 24.3 Å². The molecule has 2 aromatic rings. The van der Waals surface area contributed by atoms with Crippen molar-refractivity contribution in [3.05, 3.63) is 65.7 Å². The van der Waals surface area contributed by atoms with Gasteiger partial charge in [0.1, 0.15) is 6.04 Å². The summed E-state index contributed by atoms with van der Waals surface area (Å²) in [6.45, 7) is 2.03. The smallest absolute Gasteiger partial charge is 0.326 e. The van der Waals surface area contributed by atoms with E-state index in [9.17, 15) is 19.5 Å². The Morgan fingerprint density at radius 2 is 1.70 bits per heavy atom. The molecule has 2 amide bonds. The number of carbonyl (C=O) groups excluding carboxylic acids is 2. The first kappa shape index (κ1) is 18.6. The van der Waals surface area contributed by atoms with Crippen LogP contribution in [0, 0.1) is 11.8 Å². The lowest BCUT2D eigenvalue weighted by atomic mass is 10.1. The zero-order valence-corrected chi connectivity index (χ0v) is 15.0. The summed E-state index contributed by atoms with van der Waals surface area (Å²) in [5, 5.41) is 14.8. The summed E-state index contributed by atoms with van der Waals surface area (Å²) >= 11 is 0. The van der Waals surface area contributed by atoms with E-state index in [4.69, 9.17) is 0 Å². The summed E-state index contributed by atoms with van der Waals surface area (Å²) in [6.07, 6.45) is 1.11. The lowest BCUT2D eigenvalue weighted by molar-refractivity contribution is -0.139. The van der Waals surface area contributed by atoms with Crippen molar-refractivity contribution in [2.24, 2.45) is 11.8 Å². The number of aliphatic carboxylic acids is 1. The van der Waals surface area contributed by atoms with E-state index >= 15 is 0 Å². The number of carboxylic acid groups (broad SMARTS) is 1. The number of carbonyl (C=O) groups is 3.